The minimum Gasteiger partial charge on any atom is -0.480 e. The quantitative estimate of drug-likeness (QED) is 0.874. The van der Waals surface area contributed by atoms with Crippen molar-refractivity contribution in [3.8, 4) is 0 Å². The van der Waals surface area contributed by atoms with Gasteiger partial charge in [0.1, 0.15) is 6.04 Å². The molecule has 1 aliphatic rings. The average Bonchev–Trinajstić information content (AvgIpc) is 2.72. The number of likely N-dealkylation sites (tertiary alicyclic amines) is 1. The van der Waals surface area contributed by atoms with Gasteiger partial charge < -0.3 is 16.1 Å². The third-order valence-electron chi connectivity index (χ3n) is 2.74. The summed E-state index contributed by atoms with van der Waals surface area (Å²) in [5.74, 6) is -0.787. The van der Waals surface area contributed by atoms with Crippen molar-refractivity contribution >= 4 is 30.8 Å². The third kappa shape index (κ3) is 5.71. The highest BCUT2D eigenvalue weighted by molar-refractivity contribution is 5.85. The number of pyridine rings is 1. The molecule has 0 aliphatic carbocycles. The van der Waals surface area contributed by atoms with Gasteiger partial charge >= 0.3 is 5.97 Å². The van der Waals surface area contributed by atoms with E-state index in [2.05, 4.69) is 4.98 Å². The molecule has 1 aromatic heterocycles. The Morgan fingerprint density at radius 2 is 1.84 bits per heavy atom. The number of hydrogen-bond donors (Lipinski definition) is 1. The van der Waals surface area contributed by atoms with E-state index in [1.54, 1.807) is 18.5 Å². The molecule has 2 rings (SSSR count). The van der Waals surface area contributed by atoms with Crippen molar-refractivity contribution in [2.45, 2.75) is 18.9 Å². The van der Waals surface area contributed by atoms with Crippen LogP contribution in [0.5, 0.6) is 0 Å². The predicted molar refractivity (Wildman–Crippen MR) is 77.1 cm³/mol. The zero-order valence-corrected chi connectivity index (χ0v) is 11.9. The van der Waals surface area contributed by atoms with Gasteiger partial charge in [0.15, 0.2) is 0 Å². The molecule has 1 aliphatic heterocycles. The lowest BCUT2D eigenvalue weighted by Crippen LogP contribution is -2.31. The van der Waals surface area contributed by atoms with Crippen molar-refractivity contribution in [1.29, 1.82) is 0 Å². The van der Waals surface area contributed by atoms with Crippen LogP contribution >= 0.6 is 24.8 Å². The molecule has 112 valence electrons. The summed E-state index contributed by atoms with van der Waals surface area (Å²) >= 11 is 0. The molecule has 8 heteroatoms. The van der Waals surface area contributed by atoms with Crippen LogP contribution in [0.1, 0.15) is 24.4 Å². The molecule has 6 nitrogen and oxygen atoms in total. The fourth-order valence-corrected chi connectivity index (χ4v) is 2.05. The molecule has 19 heavy (non-hydrogen) atoms. The second kappa shape index (κ2) is 11.0. The van der Waals surface area contributed by atoms with E-state index in [9.17, 15) is 9.90 Å². The molecular weight excluding hydrogens is 295 g/mol. The topological polar surface area (TPSA) is 116 Å². The second-order valence-electron chi connectivity index (χ2n) is 3.77. The second-order valence-corrected chi connectivity index (χ2v) is 3.77. The fraction of sp³-hybridized carbons (Fsp3) is 0.455. The van der Waals surface area contributed by atoms with Gasteiger partial charge in [-0.2, -0.15) is 0 Å². The van der Waals surface area contributed by atoms with Crippen LogP contribution in [-0.4, -0.2) is 45.0 Å². The minimum atomic E-state index is -0.787. The van der Waals surface area contributed by atoms with Crippen molar-refractivity contribution in [3.05, 3.63) is 30.1 Å². The Kier molecular flexibility index (Phi) is 13.4. The number of rotatable bonds is 3. The van der Waals surface area contributed by atoms with Crippen LogP contribution in [-0.2, 0) is 4.79 Å². The maximum Gasteiger partial charge on any atom is 0.325 e. The molecule has 0 saturated carbocycles. The summed E-state index contributed by atoms with van der Waals surface area (Å²) in [6.45, 7) is 1.73. The fourth-order valence-electron chi connectivity index (χ4n) is 2.05. The maximum absolute atomic E-state index is 11.2. The van der Waals surface area contributed by atoms with E-state index in [0.29, 0.717) is 0 Å². The van der Waals surface area contributed by atoms with Crippen LogP contribution in [0.3, 0.4) is 0 Å². The molecule has 0 spiro atoms. The van der Waals surface area contributed by atoms with Gasteiger partial charge in [0.25, 0.3) is 0 Å². The van der Waals surface area contributed by atoms with Gasteiger partial charge in [-0.1, -0.05) is 6.07 Å². The Labute approximate surface area is 124 Å². The van der Waals surface area contributed by atoms with Gasteiger partial charge in [-0.05, 0) is 37.6 Å². The molecule has 1 saturated heterocycles. The highest BCUT2D eigenvalue weighted by Gasteiger charge is 2.29. The first-order chi connectivity index (χ1) is 7.29. The molecule has 1 aromatic rings. The lowest BCUT2D eigenvalue weighted by Gasteiger charge is -2.23. The van der Waals surface area contributed by atoms with Gasteiger partial charge in [-0.15, -0.1) is 24.8 Å². The van der Waals surface area contributed by atoms with Crippen LogP contribution in [0.15, 0.2) is 24.5 Å². The average molecular weight is 315 g/mol. The monoisotopic (exact) mass is 314 g/mol. The van der Waals surface area contributed by atoms with Crippen molar-refractivity contribution in [2.24, 2.45) is 0 Å². The lowest BCUT2D eigenvalue weighted by atomic mass is 10.1. The summed E-state index contributed by atoms with van der Waals surface area (Å²) < 4.78 is 0. The van der Waals surface area contributed by atoms with Gasteiger partial charge in [-0.3, -0.25) is 14.7 Å². The van der Waals surface area contributed by atoms with Crippen molar-refractivity contribution < 1.29 is 20.9 Å². The largest absolute Gasteiger partial charge is 0.480 e. The Morgan fingerprint density at radius 1 is 1.26 bits per heavy atom. The van der Waals surface area contributed by atoms with E-state index < -0.39 is 12.0 Å². The van der Waals surface area contributed by atoms with Crippen LogP contribution in [0.4, 0.5) is 0 Å². The molecule has 1 atom stereocenters. The summed E-state index contributed by atoms with van der Waals surface area (Å²) in [5.41, 5.74) is 0.770. The van der Waals surface area contributed by atoms with Crippen LogP contribution in [0.25, 0.3) is 0 Å². The van der Waals surface area contributed by atoms with Crippen LogP contribution < -0.4 is 0 Å². The lowest BCUT2D eigenvalue weighted by molar-refractivity contribution is -0.143. The number of halogens is 2. The first kappa shape index (κ1) is 23.2. The van der Waals surface area contributed by atoms with Crippen LogP contribution in [0.2, 0.25) is 0 Å². The smallest absolute Gasteiger partial charge is 0.325 e. The van der Waals surface area contributed by atoms with E-state index in [-0.39, 0.29) is 35.8 Å². The van der Waals surface area contributed by atoms with Gasteiger partial charge in [0.2, 0.25) is 0 Å². The molecule has 1 fully saturated rings. The van der Waals surface area contributed by atoms with Crippen molar-refractivity contribution in [3.63, 3.8) is 0 Å². The maximum atomic E-state index is 11.2. The SMILES string of the molecule is Cl.Cl.O.O.O=C(O)C(c1cccnc1)N1CCCC1. The third-order valence-corrected chi connectivity index (χ3v) is 2.74. The number of nitrogens with zero attached hydrogens (tertiary/aromatic N) is 2. The number of carbonyl (C=O) groups is 1. The Hall–Kier alpha value is -0.920. The van der Waals surface area contributed by atoms with Crippen molar-refractivity contribution in [2.75, 3.05) is 13.1 Å². The van der Waals surface area contributed by atoms with Gasteiger partial charge in [0, 0.05) is 12.4 Å². The molecule has 5 N–H and O–H groups in total. The molecule has 0 bridgehead atoms. The van der Waals surface area contributed by atoms with Crippen LogP contribution in [0, 0.1) is 0 Å². The standard InChI is InChI=1S/C11H14N2O2.2ClH.2H2O/c14-11(15)10(13-6-1-2-7-13)9-4-3-5-12-8-9;;;;/h3-5,8,10H,1-2,6-7H2,(H,14,15);2*1H;2*1H2. The summed E-state index contributed by atoms with van der Waals surface area (Å²) in [4.78, 5) is 17.2. The Bertz CT molecular complexity index is 348. The molecule has 0 aromatic carbocycles. The summed E-state index contributed by atoms with van der Waals surface area (Å²) in [5, 5.41) is 9.22. The first-order valence-corrected chi connectivity index (χ1v) is 5.16. The number of aliphatic carboxylic acids is 1. The van der Waals surface area contributed by atoms with Gasteiger partial charge in [0.05, 0.1) is 0 Å². The molecule has 1 unspecified atom stereocenters. The van der Waals surface area contributed by atoms with E-state index in [1.165, 1.54) is 0 Å². The first-order valence-electron chi connectivity index (χ1n) is 5.16. The predicted octanol–water partition coefficient (Wildman–Crippen LogP) is 0.497. The van der Waals surface area contributed by atoms with E-state index in [0.717, 1.165) is 31.5 Å². The summed E-state index contributed by atoms with van der Waals surface area (Å²) in [6, 6.07) is 3.08. The Morgan fingerprint density at radius 3 is 2.26 bits per heavy atom. The van der Waals surface area contributed by atoms with E-state index in [4.69, 9.17) is 0 Å². The van der Waals surface area contributed by atoms with E-state index >= 15 is 0 Å². The Balaban J connectivity index is -0.000000640. The molecule has 0 amide bonds. The van der Waals surface area contributed by atoms with E-state index in [1.807, 2.05) is 11.0 Å². The number of carboxylic acid groups (broad SMARTS) is 1. The zero-order chi connectivity index (χ0) is 10.7. The number of hydrogen-bond acceptors (Lipinski definition) is 3. The molecule has 0 radical (unpaired) electrons. The minimum absolute atomic E-state index is 0. The highest BCUT2D eigenvalue weighted by Crippen LogP contribution is 2.24. The van der Waals surface area contributed by atoms with Crippen molar-refractivity contribution in [1.82, 2.24) is 9.88 Å². The number of aromatic nitrogens is 1. The number of carboxylic acids is 1. The summed E-state index contributed by atoms with van der Waals surface area (Å²) in [7, 11) is 0. The normalized spacial score (nSPS) is 14.9. The zero-order valence-electron chi connectivity index (χ0n) is 10.3. The molecular formula is C11H20Cl2N2O4. The summed E-state index contributed by atoms with van der Waals surface area (Å²) in [6.07, 6.45) is 5.47. The van der Waals surface area contributed by atoms with Gasteiger partial charge in [-0.25, -0.2) is 0 Å². The highest BCUT2D eigenvalue weighted by atomic mass is 35.5. The molecule has 2 heterocycles.